The summed E-state index contributed by atoms with van der Waals surface area (Å²) in [6, 6.07) is 3.58. The van der Waals surface area contributed by atoms with Gasteiger partial charge in [0.15, 0.2) is 5.82 Å². The lowest BCUT2D eigenvalue weighted by Crippen LogP contribution is -2.04. The minimum absolute atomic E-state index is 0.0328. The number of rotatable bonds is 4. The van der Waals surface area contributed by atoms with Gasteiger partial charge in [-0.2, -0.15) is 4.98 Å². The van der Waals surface area contributed by atoms with Crippen molar-refractivity contribution in [1.29, 1.82) is 0 Å². The summed E-state index contributed by atoms with van der Waals surface area (Å²) >= 11 is 5.86. The Morgan fingerprint density at radius 1 is 1.36 bits per heavy atom. The molecule has 0 unspecified atom stereocenters. The van der Waals surface area contributed by atoms with Crippen LogP contribution < -0.4 is 5.32 Å². The van der Waals surface area contributed by atoms with E-state index < -0.39 is 0 Å². The van der Waals surface area contributed by atoms with Crippen molar-refractivity contribution in [3.8, 4) is 5.88 Å². The minimum atomic E-state index is -0.0328. The largest absolute Gasteiger partial charge is 0.492 e. The fourth-order valence-corrected chi connectivity index (χ4v) is 2.49. The number of anilines is 1. The van der Waals surface area contributed by atoms with Crippen LogP contribution in [0.2, 0.25) is 5.15 Å². The monoisotopic (exact) mass is 315 g/mol. The number of fused-ring (bicyclic) bond motifs is 1. The van der Waals surface area contributed by atoms with Crippen LogP contribution in [0.5, 0.6) is 5.88 Å². The molecule has 3 heterocycles. The Labute approximate surface area is 132 Å². The van der Waals surface area contributed by atoms with Gasteiger partial charge < -0.3 is 15.4 Å². The summed E-state index contributed by atoms with van der Waals surface area (Å²) in [7, 11) is 0. The fourth-order valence-electron chi connectivity index (χ4n) is 2.34. The molecule has 1 aliphatic carbocycles. The summed E-state index contributed by atoms with van der Waals surface area (Å²) in [5.41, 5.74) is 2.28. The smallest absolute Gasteiger partial charge is 0.238 e. The van der Waals surface area contributed by atoms with E-state index in [-0.39, 0.29) is 5.88 Å². The average Bonchev–Trinajstić information content (AvgIpc) is 3.16. The Bertz CT molecular complexity index is 791. The van der Waals surface area contributed by atoms with Crippen LogP contribution in [0.4, 0.5) is 11.8 Å². The first-order valence-electron chi connectivity index (χ1n) is 7.14. The van der Waals surface area contributed by atoms with E-state index in [9.17, 15) is 5.11 Å². The van der Waals surface area contributed by atoms with E-state index in [4.69, 9.17) is 11.6 Å². The van der Waals surface area contributed by atoms with Crippen molar-refractivity contribution in [3.63, 3.8) is 0 Å². The molecule has 3 N–H and O–H groups in total. The molecule has 4 rings (SSSR count). The number of nitrogens with one attached hydrogen (secondary N) is 2. The second-order valence-corrected chi connectivity index (χ2v) is 5.90. The van der Waals surface area contributed by atoms with Gasteiger partial charge in [0.25, 0.3) is 0 Å². The highest BCUT2D eigenvalue weighted by Crippen LogP contribution is 2.33. The molecule has 2 aromatic heterocycles. The van der Waals surface area contributed by atoms with Crippen LogP contribution in [0, 0.1) is 5.92 Å². The van der Waals surface area contributed by atoms with Gasteiger partial charge in [0.2, 0.25) is 11.8 Å². The first kappa shape index (κ1) is 13.3. The molecule has 2 aliphatic rings. The van der Waals surface area contributed by atoms with E-state index >= 15 is 0 Å². The van der Waals surface area contributed by atoms with Crippen LogP contribution >= 0.6 is 11.6 Å². The quantitative estimate of drug-likeness (QED) is 0.756. The van der Waals surface area contributed by atoms with Gasteiger partial charge >= 0.3 is 0 Å². The standard InChI is InChI=1S/C15H14ClN5O/c16-12-4-3-10-9(7-17-13(10)20-12)5-11-14(22)21-15(19-11)18-6-8-1-2-8/h3-5,7-8,22H,1-2,6H2,(H2,18,19,21). The van der Waals surface area contributed by atoms with E-state index in [0.717, 1.165) is 23.6 Å². The van der Waals surface area contributed by atoms with Crippen LogP contribution in [0.3, 0.4) is 0 Å². The number of allylic oxidation sites excluding steroid dienone is 1. The van der Waals surface area contributed by atoms with Crippen molar-refractivity contribution in [1.82, 2.24) is 15.0 Å². The van der Waals surface area contributed by atoms with Crippen LogP contribution in [-0.4, -0.2) is 32.8 Å². The lowest BCUT2D eigenvalue weighted by Gasteiger charge is -1.99. The Kier molecular flexibility index (Phi) is 3.11. The Morgan fingerprint density at radius 3 is 3.05 bits per heavy atom. The molecule has 1 fully saturated rings. The summed E-state index contributed by atoms with van der Waals surface area (Å²) in [6.45, 7) is 0.885. The van der Waals surface area contributed by atoms with Gasteiger partial charge in [-0.3, -0.25) is 0 Å². The zero-order valence-corrected chi connectivity index (χ0v) is 12.4. The van der Waals surface area contributed by atoms with Gasteiger partial charge in [0.05, 0.1) is 0 Å². The molecule has 22 heavy (non-hydrogen) atoms. The predicted octanol–water partition coefficient (Wildman–Crippen LogP) is 3.24. The third-order valence-electron chi connectivity index (χ3n) is 3.74. The first-order chi connectivity index (χ1) is 10.7. The summed E-state index contributed by atoms with van der Waals surface area (Å²) < 4.78 is 0. The topological polar surface area (TPSA) is 86.2 Å². The van der Waals surface area contributed by atoms with Gasteiger partial charge in [-0.05, 0) is 37.0 Å². The molecule has 0 atom stereocenters. The number of H-pyrrole nitrogens is 1. The Hall–Kier alpha value is -2.34. The number of aromatic nitrogens is 3. The molecular weight excluding hydrogens is 302 g/mol. The van der Waals surface area contributed by atoms with Crippen molar-refractivity contribution in [3.05, 3.63) is 28.5 Å². The van der Waals surface area contributed by atoms with Gasteiger partial charge in [-0.25, -0.2) is 9.98 Å². The van der Waals surface area contributed by atoms with Crippen molar-refractivity contribution < 1.29 is 5.11 Å². The zero-order valence-electron chi connectivity index (χ0n) is 11.7. The first-order valence-corrected chi connectivity index (χ1v) is 7.52. The SMILES string of the molecule is Oc1nc(NCC2CC2)[nH]c1C=C1C=Nc2nc(Cl)ccc21. The lowest BCUT2D eigenvalue weighted by atomic mass is 10.1. The number of halogens is 1. The normalized spacial score (nSPS) is 18.0. The van der Waals surface area contributed by atoms with Crippen LogP contribution in [-0.2, 0) is 0 Å². The molecule has 2 aromatic rings. The van der Waals surface area contributed by atoms with Crippen LogP contribution in [0.15, 0.2) is 17.1 Å². The fraction of sp³-hybridized carbons (Fsp3) is 0.267. The molecule has 0 bridgehead atoms. The Balaban J connectivity index is 1.59. The van der Waals surface area contributed by atoms with Crippen molar-refractivity contribution in [2.75, 3.05) is 11.9 Å². The maximum Gasteiger partial charge on any atom is 0.238 e. The number of nitrogens with zero attached hydrogens (tertiary/aromatic N) is 3. The maximum atomic E-state index is 9.96. The van der Waals surface area contributed by atoms with E-state index in [2.05, 4.69) is 25.3 Å². The summed E-state index contributed by atoms with van der Waals surface area (Å²) in [5, 5.41) is 13.6. The van der Waals surface area contributed by atoms with E-state index in [1.807, 2.05) is 6.07 Å². The summed E-state index contributed by atoms with van der Waals surface area (Å²) in [5.74, 6) is 1.87. The number of hydrogen-bond acceptors (Lipinski definition) is 5. The van der Waals surface area contributed by atoms with E-state index in [1.54, 1.807) is 18.4 Å². The predicted molar refractivity (Wildman–Crippen MR) is 86.7 cm³/mol. The third-order valence-corrected chi connectivity index (χ3v) is 3.96. The van der Waals surface area contributed by atoms with Crippen LogP contribution in [0.25, 0.3) is 11.6 Å². The van der Waals surface area contributed by atoms with Crippen molar-refractivity contribution in [2.45, 2.75) is 12.8 Å². The molecular formula is C15H14ClN5O. The van der Waals surface area contributed by atoms with Crippen molar-refractivity contribution >= 4 is 41.2 Å². The number of hydrogen-bond donors (Lipinski definition) is 3. The number of imidazole rings is 1. The van der Waals surface area contributed by atoms with Gasteiger partial charge in [-0.1, -0.05) is 11.6 Å². The second-order valence-electron chi connectivity index (χ2n) is 5.51. The molecule has 0 spiro atoms. The molecule has 0 amide bonds. The average molecular weight is 316 g/mol. The minimum Gasteiger partial charge on any atom is -0.492 e. The second kappa shape index (κ2) is 5.14. The molecule has 1 saturated carbocycles. The number of aromatic hydroxyl groups is 1. The Morgan fingerprint density at radius 2 is 2.23 bits per heavy atom. The molecule has 0 radical (unpaired) electrons. The number of pyridine rings is 1. The molecule has 7 heteroatoms. The molecule has 1 aliphatic heterocycles. The lowest BCUT2D eigenvalue weighted by molar-refractivity contribution is 0.455. The highest BCUT2D eigenvalue weighted by molar-refractivity contribution is 6.30. The number of aromatic amines is 1. The summed E-state index contributed by atoms with van der Waals surface area (Å²) in [6.07, 6.45) is 6.03. The summed E-state index contributed by atoms with van der Waals surface area (Å²) in [4.78, 5) is 15.5. The molecule has 6 nitrogen and oxygen atoms in total. The highest BCUT2D eigenvalue weighted by atomic mass is 35.5. The maximum absolute atomic E-state index is 9.96. The van der Waals surface area contributed by atoms with E-state index in [0.29, 0.717) is 22.6 Å². The highest BCUT2D eigenvalue weighted by Gasteiger charge is 2.21. The third kappa shape index (κ3) is 2.57. The van der Waals surface area contributed by atoms with Gasteiger partial charge in [0, 0.05) is 23.9 Å². The van der Waals surface area contributed by atoms with Crippen LogP contribution in [0.1, 0.15) is 24.1 Å². The molecule has 112 valence electrons. The van der Waals surface area contributed by atoms with E-state index in [1.165, 1.54) is 12.8 Å². The van der Waals surface area contributed by atoms with Gasteiger partial charge in [0.1, 0.15) is 10.8 Å². The number of aliphatic imine (C=N–C) groups is 1. The van der Waals surface area contributed by atoms with Crippen molar-refractivity contribution in [2.24, 2.45) is 10.9 Å². The molecule has 0 saturated heterocycles. The van der Waals surface area contributed by atoms with Gasteiger partial charge in [-0.15, -0.1) is 0 Å². The zero-order chi connectivity index (χ0) is 15.1. The molecule has 0 aromatic carbocycles.